The van der Waals surface area contributed by atoms with Crippen LogP contribution in [-0.4, -0.2) is 34.1 Å². The summed E-state index contributed by atoms with van der Waals surface area (Å²) in [4.78, 5) is 0. The third-order valence-corrected chi connectivity index (χ3v) is 22.6. The zero-order valence-corrected chi connectivity index (χ0v) is 58.2. The highest BCUT2D eigenvalue weighted by atomic mass is 15.1. The van der Waals surface area contributed by atoms with Gasteiger partial charge in [0.2, 0.25) is 6.71 Å². The normalized spacial score (nSPS) is 12.2. The number of benzene rings is 15. The smallest absolute Gasteiger partial charge is 0.242 e. The maximum absolute atomic E-state index is 2.59. The maximum Gasteiger partial charge on any atom is 0.242 e. The van der Waals surface area contributed by atoms with Gasteiger partial charge < -0.3 is 27.4 Å². The predicted molar refractivity (Wildman–Crippen MR) is 438 cm³/mol. The first-order valence-electron chi connectivity index (χ1n) is 36.0. The Morgan fingerprint density at radius 3 is 0.777 bits per heavy atom. The Hall–Kier alpha value is -12.8. The van der Waals surface area contributed by atoms with E-state index in [0.29, 0.717) is 0 Å². The van der Waals surface area contributed by atoms with Gasteiger partial charge in [0.25, 0.3) is 0 Å². The van der Waals surface area contributed by atoms with Crippen molar-refractivity contribution < 1.29 is 0 Å². The highest BCUT2D eigenvalue weighted by Crippen LogP contribution is 2.48. The van der Waals surface area contributed by atoms with Crippen molar-refractivity contribution in [2.45, 2.75) is 41.5 Å². The van der Waals surface area contributed by atoms with E-state index in [2.05, 4.69) is 378 Å². The van der Waals surface area contributed by atoms with Crippen molar-refractivity contribution in [3.05, 3.63) is 343 Å². The lowest BCUT2D eigenvalue weighted by atomic mass is 9.34. The van der Waals surface area contributed by atoms with Gasteiger partial charge >= 0.3 is 0 Å². The summed E-state index contributed by atoms with van der Waals surface area (Å²) in [7, 11) is 0. The molecule has 0 N–H and O–H groups in total. The summed E-state index contributed by atoms with van der Waals surface area (Å²) in [6, 6.07) is 116. The number of hydrogen-bond acceptors (Lipinski definition) is 0. The Balaban J connectivity index is 0.860. The number of aryl methyl sites for hydroxylation is 6. The molecule has 6 aromatic heterocycles. The van der Waals surface area contributed by atoms with Crippen molar-refractivity contribution in [1.82, 2.24) is 27.4 Å². The van der Waals surface area contributed by atoms with Gasteiger partial charge in [0, 0.05) is 87.4 Å². The molecule has 7 heteroatoms. The molecule has 0 spiro atoms. The fraction of sp³-hybridized carbons (Fsp3) is 0.0625. The Labute approximate surface area is 596 Å². The Bertz CT molecular complexity index is 6720. The van der Waals surface area contributed by atoms with E-state index >= 15 is 0 Å². The van der Waals surface area contributed by atoms with E-state index < -0.39 is 0 Å². The molecule has 0 amide bonds. The second kappa shape index (κ2) is 22.3. The van der Waals surface area contributed by atoms with Crippen molar-refractivity contribution in [2.75, 3.05) is 0 Å². The number of rotatable bonds is 9. The van der Waals surface area contributed by atoms with Crippen molar-refractivity contribution in [3.63, 3.8) is 0 Å². The lowest BCUT2D eigenvalue weighted by Crippen LogP contribution is -2.56. The van der Waals surface area contributed by atoms with Crippen LogP contribution in [0.2, 0.25) is 0 Å². The van der Waals surface area contributed by atoms with Crippen molar-refractivity contribution in [1.29, 1.82) is 0 Å². The van der Waals surface area contributed by atoms with Crippen LogP contribution in [0.4, 0.5) is 0 Å². The molecule has 0 aliphatic carbocycles. The Morgan fingerprint density at radius 1 is 0.194 bits per heavy atom. The van der Waals surface area contributed by atoms with Crippen LogP contribution >= 0.6 is 0 Å². The molecule has 21 aromatic rings. The van der Waals surface area contributed by atoms with Crippen molar-refractivity contribution in [3.8, 4) is 34.1 Å². The van der Waals surface area contributed by atoms with Crippen LogP contribution < -0.4 is 16.4 Å². The topological polar surface area (TPSA) is 29.6 Å². The van der Waals surface area contributed by atoms with Gasteiger partial charge in [-0.2, -0.15) is 0 Å². The van der Waals surface area contributed by atoms with E-state index in [1.807, 2.05) is 0 Å². The van der Waals surface area contributed by atoms with E-state index in [-0.39, 0.29) is 6.71 Å². The quantitative estimate of drug-likeness (QED) is 0.129. The molecule has 0 bridgehead atoms. The molecule has 486 valence electrons. The second-order valence-electron chi connectivity index (χ2n) is 28.7. The molecule has 0 radical (unpaired) electrons. The van der Waals surface area contributed by atoms with Gasteiger partial charge in [-0.15, -0.1) is 0 Å². The number of hydrogen-bond donors (Lipinski definition) is 0. The van der Waals surface area contributed by atoms with Crippen LogP contribution in [0.15, 0.2) is 309 Å². The Kier molecular flexibility index (Phi) is 12.8. The summed E-state index contributed by atoms with van der Waals surface area (Å²) in [5, 5.41) is 14.7. The molecule has 21 rings (SSSR count). The molecular weight excluding hydrogens is 1250 g/mol. The van der Waals surface area contributed by atoms with Crippen LogP contribution in [0.5, 0.6) is 0 Å². The van der Waals surface area contributed by atoms with Gasteiger partial charge in [-0.25, -0.2) is 0 Å². The van der Waals surface area contributed by atoms with Crippen molar-refractivity contribution >= 4 is 154 Å². The highest BCUT2D eigenvalue weighted by molar-refractivity contribution is 6.96. The molecule has 0 saturated heterocycles. The number of nitrogens with zero attached hydrogens (tertiary/aromatic N) is 6. The van der Waals surface area contributed by atoms with Crippen LogP contribution in [0.1, 0.15) is 33.4 Å². The molecule has 0 aliphatic heterocycles. The Morgan fingerprint density at radius 2 is 0.447 bits per heavy atom. The molecule has 6 heterocycles. The van der Waals surface area contributed by atoms with Crippen LogP contribution in [0, 0.1) is 41.5 Å². The monoisotopic (exact) mass is 1320 g/mol. The van der Waals surface area contributed by atoms with E-state index in [1.54, 1.807) is 0 Å². The van der Waals surface area contributed by atoms with Gasteiger partial charge in [-0.05, 0) is 169 Å². The lowest BCUT2D eigenvalue weighted by molar-refractivity contribution is 1.14. The summed E-state index contributed by atoms with van der Waals surface area (Å²) in [6.45, 7) is 13.7. The van der Waals surface area contributed by atoms with Gasteiger partial charge in [-0.1, -0.05) is 232 Å². The molecule has 15 aromatic carbocycles. The first-order chi connectivity index (χ1) is 50.6. The van der Waals surface area contributed by atoms with Crippen molar-refractivity contribution in [2.24, 2.45) is 0 Å². The minimum absolute atomic E-state index is 0.124. The SMILES string of the molecule is Cc1cc(C)c(B(c2cc(-n3c4ccccc4c4c5c6ccccc6n(-c6cccc7c6c6ccccc6n7-c6ccccc6)c5ccc43)cc(-n3c4ccccc4c4c5c6ccccc6n(-c6cccc7c6c6ccccc6n7-c6ccccc6)c5ccc43)c2)c2c(C)cc(C)cc2C)c(C)c1. The average Bonchev–Trinajstić information content (AvgIpc) is 1.54. The second-order valence-corrected chi connectivity index (χ2v) is 28.7. The fourth-order valence-corrected chi connectivity index (χ4v) is 19.0. The average molecular weight is 1320 g/mol. The lowest BCUT2D eigenvalue weighted by Gasteiger charge is -2.26. The molecule has 103 heavy (non-hydrogen) atoms. The molecular formula is C96H69BN6. The van der Waals surface area contributed by atoms with Gasteiger partial charge in [0.05, 0.1) is 77.6 Å². The van der Waals surface area contributed by atoms with Gasteiger partial charge in [0.15, 0.2) is 0 Å². The summed E-state index contributed by atoms with van der Waals surface area (Å²) in [5.74, 6) is 0. The summed E-state index contributed by atoms with van der Waals surface area (Å²) < 4.78 is 15.1. The molecule has 0 atom stereocenters. The first-order valence-corrected chi connectivity index (χ1v) is 36.0. The van der Waals surface area contributed by atoms with Crippen LogP contribution in [-0.2, 0) is 0 Å². The zero-order valence-electron chi connectivity index (χ0n) is 58.2. The molecule has 6 nitrogen and oxygen atoms in total. The van der Waals surface area contributed by atoms with Gasteiger partial charge in [-0.3, -0.25) is 0 Å². The fourth-order valence-electron chi connectivity index (χ4n) is 19.0. The van der Waals surface area contributed by atoms with E-state index in [0.717, 1.165) is 56.2 Å². The zero-order chi connectivity index (χ0) is 68.6. The third-order valence-electron chi connectivity index (χ3n) is 22.6. The number of aromatic nitrogens is 6. The minimum atomic E-state index is -0.124. The first kappa shape index (κ1) is 59.1. The minimum Gasteiger partial charge on any atom is -0.309 e. The summed E-state index contributed by atoms with van der Waals surface area (Å²) in [6.07, 6.45) is 0. The molecule has 0 unspecified atom stereocenters. The number of fused-ring (bicyclic) bond motifs is 20. The van der Waals surface area contributed by atoms with Crippen LogP contribution in [0.3, 0.4) is 0 Å². The van der Waals surface area contributed by atoms with Gasteiger partial charge in [0.1, 0.15) is 0 Å². The standard InChI is InChI=1S/C96H69BN6/c1-58-51-60(3)95(61(4)52-58)97(96-62(5)53-59(2)54-63(96)6)64-55-67(100-77-39-21-15-33-71(77)91-85(100)47-49-87-93(91)73-35-17-23-41-79(73)102(87)83-45-25-43-81-89(83)69-31-13-19-37-75(69)98(81)65-27-9-7-10-28-65)57-68(56-64)101-78-40-22-16-34-72(78)92-86(101)48-50-88-94(92)74-36-18-24-42-80(74)103(88)84-46-26-44-82-90(84)70-32-14-20-38-76(70)99(82)66-29-11-8-12-30-66/h7-57H,1-6H3. The summed E-state index contributed by atoms with van der Waals surface area (Å²) in [5.41, 5.74) is 32.4. The van der Waals surface area contributed by atoms with E-state index in [4.69, 9.17) is 0 Å². The summed E-state index contributed by atoms with van der Waals surface area (Å²) >= 11 is 0. The van der Waals surface area contributed by atoms with E-state index in [1.165, 1.54) is 159 Å². The maximum atomic E-state index is 2.59. The molecule has 0 aliphatic rings. The highest BCUT2D eigenvalue weighted by Gasteiger charge is 2.32. The molecule has 0 saturated carbocycles. The number of para-hydroxylation sites is 8. The molecule has 0 fully saturated rings. The van der Waals surface area contributed by atoms with Crippen LogP contribution in [0.25, 0.3) is 165 Å². The third kappa shape index (κ3) is 8.45. The van der Waals surface area contributed by atoms with E-state index in [9.17, 15) is 0 Å². The predicted octanol–water partition coefficient (Wildman–Crippen LogP) is 22.6. The largest absolute Gasteiger partial charge is 0.309 e.